The molecule has 1 saturated carbocycles. The molecule has 0 saturated heterocycles. The molecule has 1 fully saturated rings. The third-order valence-electron chi connectivity index (χ3n) is 3.97. The van der Waals surface area contributed by atoms with Crippen LogP contribution in [0.2, 0.25) is 0 Å². The van der Waals surface area contributed by atoms with Crippen LogP contribution in [0.5, 0.6) is 0 Å². The molecule has 5 heteroatoms. The lowest BCUT2D eigenvalue weighted by atomic mass is 9.74. The molecule has 1 aliphatic carbocycles. The van der Waals surface area contributed by atoms with Crippen molar-refractivity contribution in [1.82, 2.24) is 0 Å². The van der Waals surface area contributed by atoms with Gasteiger partial charge in [0.15, 0.2) is 0 Å². The molecular weight excluding hydrogens is 244 g/mol. The van der Waals surface area contributed by atoms with E-state index in [4.69, 9.17) is 0 Å². The number of hydrogen-bond donors (Lipinski definition) is 2. The molecule has 0 aromatic heterocycles. The van der Waals surface area contributed by atoms with E-state index < -0.39 is 4.92 Å². The molecule has 2 rings (SSSR count). The van der Waals surface area contributed by atoms with Crippen LogP contribution in [0.1, 0.15) is 32.1 Å². The second kappa shape index (κ2) is 6.02. The number of hydrogen-bond acceptors (Lipinski definition) is 4. The molecule has 0 amide bonds. The van der Waals surface area contributed by atoms with Crippen molar-refractivity contribution in [1.29, 1.82) is 0 Å². The first-order chi connectivity index (χ1) is 9.15. The smallest absolute Gasteiger partial charge is 0.271 e. The molecule has 1 aromatic rings. The predicted molar refractivity (Wildman–Crippen MR) is 74.2 cm³/mol. The second-order valence-electron chi connectivity index (χ2n) is 5.38. The molecule has 0 radical (unpaired) electrons. The average molecular weight is 264 g/mol. The highest BCUT2D eigenvalue weighted by Gasteiger charge is 2.31. The normalized spacial score (nSPS) is 17.9. The predicted octanol–water partition coefficient (Wildman–Crippen LogP) is 2.95. The fraction of sp³-hybridized carbons (Fsp3) is 0.571. The van der Waals surface area contributed by atoms with Gasteiger partial charge >= 0.3 is 0 Å². The van der Waals surface area contributed by atoms with Crippen molar-refractivity contribution >= 4 is 11.4 Å². The number of rotatable bonds is 5. The Morgan fingerprint density at radius 1 is 1.32 bits per heavy atom. The number of non-ortho nitro benzene ring substituents is 1. The van der Waals surface area contributed by atoms with Crippen LogP contribution in [0.25, 0.3) is 0 Å². The van der Waals surface area contributed by atoms with Gasteiger partial charge in [-0.1, -0.05) is 25.3 Å². The van der Waals surface area contributed by atoms with Gasteiger partial charge in [0, 0.05) is 29.8 Å². The first kappa shape index (κ1) is 13.8. The van der Waals surface area contributed by atoms with E-state index in [2.05, 4.69) is 5.32 Å². The van der Waals surface area contributed by atoms with Gasteiger partial charge in [0.2, 0.25) is 0 Å². The summed E-state index contributed by atoms with van der Waals surface area (Å²) in [5.41, 5.74) is 0.766. The lowest BCUT2D eigenvalue weighted by molar-refractivity contribution is -0.384. The molecule has 0 bridgehead atoms. The summed E-state index contributed by atoms with van der Waals surface area (Å²) in [5, 5.41) is 23.6. The number of aliphatic hydroxyl groups excluding tert-OH is 1. The lowest BCUT2D eigenvalue weighted by Gasteiger charge is -2.36. The molecule has 1 aliphatic rings. The van der Waals surface area contributed by atoms with E-state index in [9.17, 15) is 15.2 Å². The minimum absolute atomic E-state index is 0.0666. The Labute approximate surface area is 112 Å². The zero-order chi connectivity index (χ0) is 13.7. The minimum Gasteiger partial charge on any atom is -0.396 e. The number of benzene rings is 1. The van der Waals surface area contributed by atoms with Crippen molar-refractivity contribution in [3.05, 3.63) is 34.4 Å². The highest BCUT2D eigenvalue weighted by atomic mass is 16.6. The summed E-state index contributed by atoms with van der Waals surface area (Å²) >= 11 is 0. The van der Waals surface area contributed by atoms with Gasteiger partial charge in [-0.3, -0.25) is 10.1 Å². The maximum Gasteiger partial charge on any atom is 0.271 e. The number of nitrogens with zero attached hydrogens (tertiary/aromatic N) is 1. The van der Waals surface area contributed by atoms with Crippen LogP contribution in [-0.4, -0.2) is 23.2 Å². The third kappa shape index (κ3) is 3.44. The zero-order valence-electron chi connectivity index (χ0n) is 11.0. The molecule has 5 nitrogen and oxygen atoms in total. The number of nitrogens with one attached hydrogen (secondary N) is 1. The monoisotopic (exact) mass is 264 g/mol. The highest BCUT2D eigenvalue weighted by Crippen LogP contribution is 2.36. The zero-order valence-corrected chi connectivity index (χ0v) is 11.0. The van der Waals surface area contributed by atoms with Crippen LogP contribution in [-0.2, 0) is 0 Å². The van der Waals surface area contributed by atoms with Gasteiger partial charge in [-0.2, -0.15) is 0 Å². The molecule has 0 heterocycles. The maximum absolute atomic E-state index is 10.7. The van der Waals surface area contributed by atoms with Crippen molar-refractivity contribution in [2.24, 2.45) is 5.41 Å². The molecule has 1 aromatic carbocycles. The Balaban J connectivity index is 2.00. The number of nitro groups is 1. The van der Waals surface area contributed by atoms with Crippen LogP contribution in [0.4, 0.5) is 11.4 Å². The maximum atomic E-state index is 10.7. The molecule has 0 unspecified atom stereocenters. The van der Waals surface area contributed by atoms with Crippen molar-refractivity contribution < 1.29 is 10.0 Å². The van der Waals surface area contributed by atoms with Crippen LogP contribution < -0.4 is 5.32 Å². The van der Waals surface area contributed by atoms with Gasteiger partial charge in [0.25, 0.3) is 5.69 Å². The largest absolute Gasteiger partial charge is 0.396 e. The quantitative estimate of drug-likeness (QED) is 0.633. The first-order valence-corrected chi connectivity index (χ1v) is 6.74. The van der Waals surface area contributed by atoms with E-state index in [0.29, 0.717) is 6.54 Å². The second-order valence-corrected chi connectivity index (χ2v) is 5.38. The molecule has 104 valence electrons. The summed E-state index contributed by atoms with van der Waals surface area (Å²) in [7, 11) is 0. The summed E-state index contributed by atoms with van der Waals surface area (Å²) in [5.74, 6) is 0. The van der Waals surface area contributed by atoms with Gasteiger partial charge in [-0.05, 0) is 18.9 Å². The highest BCUT2D eigenvalue weighted by molar-refractivity contribution is 5.51. The fourth-order valence-electron chi connectivity index (χ4n) is 2.71. The van der Waals surface area contributed by atoms with E-state index in [1.54, 1.807) is 6.07 Å². The van der Waals surface area contributed by atoms with Crippen LogP contribution in [0.15, 0.2) is 24.3 Å². The third-order valence-corrected chi connectivity index (χ3v) is 3.97. The van der Waals surface area contributed by atoms with Gasteiger partial charge in [-0.25, -0.2) is 0 Å². The Hall–Kier alpha value is -1.62. The van der Waals surface area contributed by atoms with Crippen LogP contribution >= 0.6 is 0 Å². The molecule has 0 atom stereocenters. The number of aliphatic hydroxyl groups is 1. The summed E-state index contributed by atoms with van der Waals surface area (Å²) < 4.78 is 0. The van der Waals surface area contributed by atoms with Crippen LogP contribution in [0, 0.1) is 15.5 Å². The van der Waals surface area contributed by atoms with E-state index in [1.807, 2.05) is 6.07 Å². The standard InChI is InChI=1S/C14H20N2O3/c17-11-14(7-2-1-3-8-14)10-15-12-5-4-6-13(9-12)16(18)19/h4-6,9,15,17H,1-3,7-8,10-11H2. The van der Waals surface area contributed by atoms with Crippen LogP contribution in [0.3, 0.4) is 0 Å². The van der Waals surface area contributed by atoms with Crippen molar-refractivity contribution in [3.63, 3.8) is 0 Å². The van der Waals surface area contributed by atoms with Gasteiger partial charge in [-0.15, -0.1) is 0 Å². The summed E-state index contributed by atoms with van der Waals surface area (Å²) in [6.45, 7) is 0.847. The van der Waals surface area contributed by atoms with E-state index in [-0.39, 0.29) is 17.7 Å². The van der Waals surface area contributed by atoms with E-state index in [1.165, 1.54) is 18.6 Å². The molecular formula is C14H20N2O3. The van der Waals surface area contributed by atoms with Crippen molar-refractivity contribution in [2.45, 2.75) is 32.1 Å². The lowest BCUT2D eigenvalue weighted by Crippen LogP contribution is -2.35. The molecule has 19 heavy (non-hydrogen) atoms. The summed E-state index contributed by atoms with van der Waals surface area (Å²) in [6.07, 6.45) is 5.57. The Morgan fingerprint density at radius 3 is 2.68 bits per heavy atom. The SMILES string of the molecule is O=[N+]([O-])c1cccc(NCC2(CO)CCCCC2)c1. The average Bonchev–Trinajstić information content (AvgIpc) is 2.46. The number of nitro benzene ring substituents is 1. The van der Waals surface area contributed by atoms with Crippen molar-refractivity contribution in [2.75, 3.05) is 18.5 Å². The fourth-order valence-corrected chi connectivity index (χ4v) is 2.71. The summed E-state index contributed by atoms with van der Waals surface area (Å²) in [6, 6.07) is 6.51. The van der Waals surface area contributed by atoms with Crippen molar-refractivity contribution in [3.8, 4) is 0 Å². The van der Waals surface area contributed by atoms with Gasteiger partial charge in [0.1, 0.15) is 0 Å². The minimum atomic E-state index is -0.395. The number of anilines is 1. The Bertz CT molecular complexity index is 442. The molecule has 2 N–H and O–H groups in total. The Morgan fingerprint density at radius 2 is 2.05 bits per heavy atom. The molecule has 0 aliphatic heterocycles. The topological polar surface area (TPSA) is 75.4 Å². The van der Waals surface area contributed by atoms with E-state index >= 15 is 0 Å². The van der Waals surface area contributed by atoms with E-state index in [0.717, 1.165) is 31.4 Å². The Kier molecular flexibility index (Phi) is 4.37. The molecule has 0 spiro atoms. The summed E-state index contributed by atoms with van der Waals surface area (Å²) in [4.78, 5) is 10.3. The first-order valence-electron chi connectivity index (χ1n) is 6.74. The van der Waals surface area contributed by atoms with Gasteiger partial charge in [0.05, 0.1) is 11.5 Å². The van der Waals surface area contributed by atoms with Gasteiger partial charge < -0.3 is 10.4 Å².